The van der Waals surface area contributed by atoms with E-state index < -0.39 is 24.1 Å². The van der Waals surface area contributed by atoms with Gasteiger partial charge in [0.05, 0.1) is 12.6 Å². The summed E-state index contributed by atoms with van der Waals surface area (Å²) in [6.07, 6.45) is 2.51. The highest BCUT2D eigenvalue weighted by atomic mass is 16.6. The van der Waals surface area contributed by atoms with E-state index >= 15 is 0 Å². The Morgan fingerprint density at radius 2 is 1.88 bits per heavy atom. The summed E-state index contributed by atoms with van der Waals surface area (Å²) in [5.41, 5.74) is 0. The third kappa shape index (κ3) is 2.51. The number of rotatable bonds is 2. The summed E-state index contributed by atoms with van der Waals surface area (Å²) in [6, 6.07) is -0.0776. The van der Waals surface area contributed by atoms with Crippen LogP contribution in [-0.4, -0.2) is 36.7 Å². The molecule has 1 heterocycles. The van der Waals surface area contributed by atoms with Crippen molar-refractivity contribution in [2.24, 2.45) is 16.1 Å². The van der Waals surface area contributed by atoms with Crippen molar-refractivity contribution in [2.75, 3.05) is 6.54 Å². The normalized spacial score (nSPS) is 34.2. The van der Waals surface area contributed by atoms with Gasteiger partial charge in [-0.1, -0.05) is 6.08 Å². The molecule has 0 fully saturated rings. The Labute approximate surface area is 98.7 Å². The Hall–Kier alpha value is -1.72. The highest BCUT2D eigenvalue weighted by molar-refractivity contribution is 5.67. The summed E-state index contributed by atoms with van der Waals surface area (Å²) < 4.78 is 10.4. The van der Waals surface area contributed by atoms with Gasteiger partial charge < -0.3 is 9.47 Å². The maximum absolute atomic E-state index is 11.1. The van der Waals surface area contributed by atoms with Crippen LogP contribution in [0.3, 0.4) is 0 Å². The molecule has 0 unspecified atom stereocenters. The summed E-state index contributed by atoms with van der Waals surface area (Å²) in [5.74, 6) is -0.830. The third-order valence-electron chi connectivity index (χ3n) is 2.79. The maximum atomic E-state index is 11.1. The number of nitrogens with zero attached hydrogens (tertiary/aromatic N) is 2. The molecule has 4 atom stereocenters. The summed E-state index contributed by atoms with van der Waals surface area (Å²) in [4.78, 5) is 22.1. The van der Waals surface area contributed by atoms with Crippen LogP contribution in [0, 0.1) is 5.92 Å². The second-order valence-corrected chi connectivity index (χ2v) is 4.13. The van der Waals surface area contributed by atoms with Gasteiger partial charge in [-0.2, -0.15) is 10.2 Å². The van der Waals surface area contributed by atoms with Crippen molar-refractivity contribution in [1.82, 2.24) is 0 Å². The van der Waals surface area contributed by atoms with Gasteiger partial charge in [0, 0.05) is 19.8 Å². The molecule has 0 bridgehead atoms. The number of carbonyl (C=O) groups excluding carboxylic acids is 2. The van der Waals surface area contributed by atoms with Crippen LogP contribution < -0.4 is 0 Å². The van der Waals surface area contributed by atoms with Gasteiger partial charge in [0.25, 0.3) is 0 Å². The second kappa shape index (κ2) is 4.65. The summed E-state index contributed by atoms with van der Waals surface area (Å²) in [5, 5.41) is 7.98. The van der Waals surface area contributed by atoms with Crippen molar-refractivity contribution in [3.63, 3.8) is 0 Å². The summed E-state index contributed by atoms with van der Waals surface area (Å²) in [7, 11) is 0. The van der Waals surface area contributed by atoms with Gasteiger partial charge in [-0.25, -0.2) is 0 Å². The SMILES string of the molecule is CC(=O)O[C@H]1[C@H]2CN=N[C@H]2C=C[C@H]1OC(C)=O. The monoisotopic (exact) mass is 238 g/mol. The van der Waals surface area contributed by atoms with E-state index in [1.54, 1.807) is 6.08 Å². The zero-order valence-corrected chi connectivity index (χ0v) is 9.70. The lowest BCUT2D eigenvalue weighted by Crippen LogP contribution is -2.45. The largest absolute Gasteiger partial charge is 0.458 e. The van der Waals surface area contributed by atoms with Crippen LogP contribution in [0.15, 0.2) is 22.4 Å². The van der Waals surface area contributed by atoms with Gasteiger partial charge in [0.15, 0.2) is 6.10 Å². The predicted octanol–water partition coefficient (Wildman–Crippen LogP) is 0.870. The Balaban J connectivity index is 2.16. The van der Waals surface area contributed by atoms with Crippen LogP contribution in [0.25, 0.3) is 0 Å². The number of hydrogen-bond acceptors (Lipinski definition) is 6. The molecule has 1 aliphatic carbocycles. The zero-order valence-electron chi connectivity index (χ0n) is 9.70. The number of azo groups is 1. The first-order chi connectivity index (χ1) is 8.08. The quantitative estimate of drug-likeness (QED) is 0.528. The second-order valence-electron chi connectivity index (χ2n) is 4.13. The van der Waals surface area contributed by atoms with Gasteiger partial charge in [-0.05, 0) is 6.08 Å². The number of hydrogen-bond donors (Lipinski definition) is 0. The van der Waals surface area contributed by atoms with Crippen LogP contribution in [0.4, 0.5) is 0 Å². The molecule has 0 N–H and O–H groups in total. The van der Waals surface area contributed by atoms with Crippen molar-refractivity contribution < 1.29 is 19.1 Å². The Kier molecular flexibility index (Phi) is 3.21. The van der Waals surface area contributed by atoms with Crippen LogP contribution in [0.2, 0.25) is 0 Å². The Morgan fingerprint density at radius 3 is 2.53 bits per heavy atom. The molecule has 0 saturated heterocycles. The van der Waals surface area contributed by atoms with Gasteiger partial charge in [0.2, 0.25) is 0 Å². The van der Waals surface area contributed by atoms with E-state index in [0.717, 1.165) is 0 Å². The molecule has 92 valence electrons. The van der Waals surface area contributed by atoms with E-state index in [4.69, 9.17) is 9.47 Å². The molecule has 0 aromatic carbocycles. The van der Waals surface area contributed by atoms with E-state index in [2.05, 4.69) is 10.2 Å². The van der Waals surface area contributed by atoms with Crippen LogP contribution >= 0.6 is 0 Å². The summed E-state index contributed by atoms with van der Waals surface area (Å²) in [6.45, 7) is 3.15. The molecule has 0 aromatic rings. The highest BCUT2D eigenvalue weighted by Gasteiger charge is 2.42. The lowest BCUT2D eigenvalue weighted by atomic mass is 9.86. The number of ether oxygens (including phenoxy) is 2. The van der Waals surface area contributed by atoms with E-state index in [-0.39, 0.29) is 12.0 Å². The molecule has 6 nitrogen and oxygen atoms in total. The first-order valence-corrected chi connectivity index (χ1v) is 5.47. The first-order valence-electron chi connectivity index (χ1n) is 5.47. The molecule has 0 amide bonds. The molecule has 0 aromatic heterocycles. The molecular weight excluding hydrogens is 224 g/mol. The maximum Gasteiger partial charge on any atom is 0.303 e. The molecule has 0 radical (unpaired) electrons. The fourth-order valence-corrected chi connectivity index (χ4v) is 2.13. The van der Waals surface area contributed by atoms with E-state index in [1.165, 1.54) is 13.8 Å². The fraction of sp³-hybridized carbons (Fsp3) is 0.636. The van der Waals surface area contributed by atoms with E-state index in [1.807, 2.05) is 6.08 Å². The standard InChI is InChI=1S/C11H14N2O4/c1-6(14)16-10-4-3-9-8(5-12-13-9)11(10)17-7(2)15/h3-4,8-11H,5H2,1-2H3/t8-,9-,10+,11-/m0/s1. The van der Waals surface area contributed by atoms with Gasteiger partial charge >= 0.3 is 11.9 Å². The average molecular weight is 238 g/mol. The fourth-order valence-electron chi connectivity index (χ4n) is 2.13. The van der Waals surface area contributed by atoms with Gasteiger partial charge in [-0.3, -0.25) is 9.59 Å². The molecule has 17 heavy (non-hydrogen) atoms. The molecule has 1 aliphatic heterocycles. The van der Waals surface area contributed by atoms with Gasteiger partial charge in [0.1, 0.15) is 6.10 Å². The third-order valence-corrected chi connectivity index (χ3v) is 2.79. The minimum Gasteiger partial charge on any atom is -0.458 e. The van der Waals surface area contributed by atoms with Crippen molar-refractivity contribution in [1.29, 1.82) is 0 Å². The minimum absolute atomic E-state index is 0.0340. The van der Waals surface area contributed by atoms with Crippen molar-refractivity contribution in [3.8, 4) is 0 Å². The molecule has 0 spiro atoms. The lowest BCUT2D eigenvalue weighted by Gasteiger charge is -2.32. The highest BCUT2D eigenvalue weighted by Crippen LogP contribution is 2.31. The minimum atomic E-state index is -0.541. The average Bonchev–Trinajstić information content (AvgIpc) is 2.68. The Bertz CT molecular complexity index is 391. The van der Waals surface area contributed by atoms with E-state index in [9.17, 15) is 9.59 Å². The summed E-state index contributed by atoms with van der Waals surface area (Å²) >= 11 is 0. The zero-order chi connectivity index (χ0) is 12.4. The lowest BCUT2D eigenvalue weighted by molar-refractivity contribution is -0.166. The first kappa shape index (κ1) is 11.8. The van der Waals surface area contributed by atoms with Crippen molar-refractivity contribution in [2.45, 2.75) is 32.1 Å². The van der Waals surface area contributed by atoms with Crippen LogP contribution in [-0.2, 0) is 19.1 Å². The number of esters is 2. The topological polar surface area (TPSA) is 77.3 Å². The van der Waals surface area contributed by atoms with Crippen LogP contribution in [0.1, 0.15) is 13.8 Å². The smallest absolute Gasteiger partial charge is 0.303 e. The molecule has 2 rings (SSSR count). The molecule has 6 heteroatoms. The predicted molar refractivity (Wildman–Crippen MR) is 57.2 cm³/mol. The van der Waals surface area contributed by atoms with Crippen molar-refractivity contribution in [3.05, 3.63) is 12.2 Å². The van der Waals surface area contributed by atoms with Crippen LogP contribution in [0.5, 0.6) is 0 Å². The molecular formula is C11H14N2O4. The number of fused-ring (bicyclic) bond motifs is 1. The Morgan fingerprint density at radius 1 is 1.18 bits per heavy atom. The van der Waals surface area contributed by atoms with Crippen molar-refractivity contribution >= 4 is 11.9 Å². The van der Waals surface area contributed by atoms with Gasteiger partial charge in [-0.15, -0.1) is 0 Å². The molecule has 0 saturated carbocycles. The molecule has 2 aliphatic rings. The number of carbonyl (C=O) groups is 2. The van der Waals surface area contributed by atoms with E-state index in [0.29, 0.717) is 6.54 Å².